The monoisotopic (exact) mass is 448 g/mol. The summed E-state index contributed by atoms with van der Waals surface area (Å²) in [5.41, 5.74) is 2.34. The predicted octanol–water partition coefficient (Wildman–Crippen LogP) is 4.62. The number of benzene rings is 4. The van der Waals surface area contributed by atoms with E-state index in [1.165, 1.54) is 33.1 Å². The van der Waals surface area contributed by atoms with E-state index < -0.39 is 11.6 Å². The lowest BCUT2D eigenvalue weighted by molar-refractivity contribution is 0.629. The minimum atomic E-state index is -0.419. The number of aromatic nitrogens is 4. The Hall–Kier alpha value is -4.72. The van der Waals surface area contributed by atoms with Crippen LogP contribution in [0.4, 0.5) is 8.78 Å². The summed E-state index contributed by atoms with van der Waals surface area (Å²) in [5, 5.41) is 3.79. The molecule has 0 aliphatic heterocycles. The molecule has 0 radical (unpaired) electrons. The van der Waals surface area contributed by atoms with Crippen molar-refractivity contribution in [1.29, 1.82) is 0 Å². The van der Waals surface area contributed by atoms with E-state index in [-0.39, 0.29) is 11.1 Å². The largest absolute Gasteiger partial charge is 0.268 e. The van der Waals surface area contributed by atoms with Crippen molar-refractivity contribution in [1.82, 2.24) is 18.8 Å². The molecule has 0 saturated heterocycles. The Labute approximate surface area is 186 Å². The summed E-state index contributed by atoms with van der Waals surface area (Å²) in [5.74, 6) is -0.838. The third-order valence-electron chi connectivity index (χ3n) is 6.69. The van der Waals surface area contributed by atoms with Gasteiger partial charge in [-0.15, -0.1) is 0 Å². The Morgan fingerprint density at radius 2 is 0.971 bits per heavy atom. The van der Waals surface area contributed by atoms with Crippen molar-refractivity contribution in [3.8, 4) is 0 Å². The second-order valence-electron chi connectivity index (χ2n) is 8.56. The quantitative estimate of drug-likeness (QED) is 0.340. The fourth-order valence-corrected chi connectivity index (χ4v) is 5.19. The Morgan fingerprint density at radius 3 is 1.41 bits per heavy atom. The van der Waals surface area contributed by atoms with Gasteiger partial charge in [0.15, 0.2) is 0 Å². The lowest BCUT2D eigenvalue weighted by atomic mass is 10.0. The fraction of sp³-hybridized carbons (Fsp3) is 0. The fourth-order valence-electron chi connectivity index (χ4n) is 5.19. The van der Waals surface area contributed by atoms with Crippen molar-refractivity contribution in [3.05, 3.63) is 93.0 Å². The molecule has 8 aromatic rings. The van der Waals surface area contributed by atoms with Crippen molar-refractivity contribution < 1.29 is 8.78 Å². The molecule has 34 heavy (non-hydrogen) atoms. The zero-order valence-electron chi connectivity index (χ0n) is 17.1. The molecular weight excluding hydrogens is 438 g/mol. The van der Waals surface area contributed by atoms with Crippen LogP contribution in [0.15, 0.2) is 70.3 Å². The summed E-state index contributed by atoms with van der Waals surface area (Å²) >= 11 is 0. The maximum Gasteiger partial charge on any atom is 0.264 e. The predicted molar refractivity (Wildman–Crippen MR) is 126 cm³/mol. The molecule has 160 valence electrons. The van der Waals surface area contributed by atoms with Gasteiger partial charge in [-0.05, 0) is 59.3 Å². The van der Waals surface area contributed by atoms with Crippen LogP contribution in [0, 0.1) is 11.6 Å². The Balaban J connectivity index is 1.52. The van der Waals surface area contributed by atoms with Crippen molar-refractivity contribution in [2.75, 3.05) is 0 Å². The highest BCUT2D eigenvalue weighted by Crippen LogP contribution is 2.32. The van der Waals surface area contributed by atoms with Crippen molar-refractivity contribution in [3.63, 3.8) is 0 Å². The van der Waals surface area contributed by atoms with Gasteiger partial charge in [0, 0.05) is 22.9 Å². The lowest BCUT2D eigenvalue weighted by Crippen LogP contribution is -2.05. The molecule has 0 bridgehead atoms. The lowest BCUT2D eigenvalue weighted by Gasteiger charge is -1.99. The van der Waals surface area contributed by atoms with Gasteiger partial charge in [0.05, 0.1) is 32.8 Å². The highest BCUT2D eigenvalue weighted by Gasteiger charge is 2.20. The average Bonchev–Trinajstić information content (AvgIpc) is 3.51. The van der Waals surface area contributed by atoms with Gasteiger partial charge in [0.2, 0.25) is 0 Å². The van der Waals surface area contributed by atoms with Gasteiger partial charge in [-0.1, -0.05) is 0 Å². The van der Waals surface area contributed by atoms with Crippen LogP contribution in [0.25, 0.3) is 65.7 Å². The first-order valence-corrected chi connectivity index (χ1v) is 10.6. The second kappa shape index (κ2) is 5.60. The van der Waals surface area contributed by atoms with E-state index in [9.17, 15) is 18.4 Å². The first-order chi connectivity index (χ1) is 16.5. The van der Waals surface area contributed by atoms with Crippen LogP contribution in [-0.4, -0.2) is 18.8 Å². The Bertz CT molecular complexity index is 2140. The van der Waals surface area contributed by atoms with Gasteiger partial charge in [0.1, 0.15) is 22.9 Å². The molecule has 0 aliphatic rings. The zero-order chi connectivity index (χ0) is 22.9. The van der Waals surface area contributed by atoms with Crippen molar-refractivity contribution in [2.45, 2.75) is 0 Å². The van der Waals surface area contributed by atoms with E-state index in [2.05, 4.69) is 9.97 Å². The van der Waals surface area contributed by atoms with Crippen LogP contribution in [-0.2, 0) is 0 Å². The molecule has 4 heterocycles. The standard InChI is InChI=1S/C26H10F2N4O2/c27-13-1-3-21-19(9-13)29-23-15-5-11-8-18-16(6-12(11)7-17(15)25(33)31(21)23)24-30-20-10-14(28)2-4-22(20)32(24)26(18)34/h1-10H. The van der Waals surface area contributed by atoms with Gasteiger partial charge in [-0.2, -0.15) is 0 Å². The molecule has 0 N–H and O–H groups in total. The molecule has 0 spiro atoms. The van der Waals surface area contributed by atoms with E-state index in [4.69, 9.17) is 0 Å². The maximum absolute atomic E-state index is 13.7. The van der Waals surface area contributed by atoms with Gasteiger partial charge in [-0.25, -0.2) is 18.7 Å². The number of nitrogens with zero attached hydrogens (tertiary/aromatic N) is 4. The molecule has 0 saturated carbocycles. The summed E-state index contributed by atoms with van der Waals surface area (Å²) in [6, 6.07) is 15.6. The smallest absolute Gasteiger partial charge is 0.264 e. The first kappa shape index (κ1) is 17.8. The molecule has 0 amide bonds. The number of fused-ring (bicyclic) bond motifs is 11. The first-order valence-electron chi connectivity index (χ1n) is 10.6. The van der Waals surface area contributed by atoms with E-state index in [1.54, 1.807) is 24.3 Å². The topological polar surface area (TPSA) is 68.7 Å². The van der Waals surface area contributed by atoms with E-state index in [0.717, 1.165) is 10.8 Å². The molecule has 0 atom stereocenters. The third-order valence-corrected chi connectivity index (χ3v) is 6.69. The molecule has 4 aromatic carbocycles. The zero-order valence-corrected chi connectivity index (χ0v) is 17.1. The van der Waals surface area contributed by atoms with Gasteiger partial charge in [-0.3, -0.25) is 18.4 Å². The summed E-state index contributed by atoms with van der Waals surface area (Å²) < 4.78 is 30.3. The molecule has 6 nitrogen and oxygen atoms in total. The highest BCUT2D eigenvalue weighted by atomic mass is 19.1. The van der Waals surface area contributed by atoms with Crippen LogP contribution in [0.2, 0.25) is 0 Å². The van der Waals surface area contributed by atoms with E-state index >= 15 is 0 Å². The molecular formula is C26H10F2N4O2. The van der Waals surface area contributed by atoms with Crippen LogP contribution >= 0.6 is 0 Å². The van der Waals surface area contributed by atoms with E-state index in [0.29, 0.717) is 54.9 Å². The summed E-state index contributed by atoms with van der Waals surface area (Å²) in [6.07, 6.45) is 0. The Morgan fingerprint density at radius 1 is 0.559 bits per heavy atom. The second-order valence-corrected chi connectivity index (χ2v) is 8.56. The SMILES string of the molecule is O=c1c2cc3cc4c(cc3cc2c2nc3cc(F)ccc3n12)c(=O)n1c2ccc(F)cc2nc41. The van der Waals surface area contributed by atoms with Crippen LogP contribution in [0.5, 0.6) is 0 Å². The Kier molecular flexibility index (Phi) is 2.93. The molecule has 0 fully saturated rings. The van der Waals surface area contributed by atoms with Gasteiger partial charge >= 0.3 is 0 Å². The molecule has 0 unspecified atom stereocenters. The van der Waals surface area contributed by atoms with Crippen LogP contribution in [0.1, 0.15) is 0 Å². The minimum Gasteiger partial charge on any atom is -0.268 e. The molecule has 0 aliphatic carbocycles. The summed E-state index contributed by atoms with van der Waals surface area (Å²) in [4.78, 5) is 35.5. The number of imidazole rings is 2. The number of hydrogen-bond acceptors (Lipinski definition) is 4. The maximum atomic E-state index is 13.7. The van der Waals surface area contributed by atoms with Crippen molar-refractivity contribution >= 4 is 65.7 Å². The van der Waals surface area contributed by atoms with Crippen LogP contribution in [0.3, 0.4) is 0 Å². The van der Waals surface area contributed by atoms with Crippen molar-refractivity contribution in [2.24, 2.45) is 0 Å². The highest BCUT2D eigenvalue weighted by molar-refractivity contribution is 6.12. The third kappa shape index (κ3) is 1.99. The molecule has 8 heteroatoms. The number of rotatable bonds is 0. The number of hydrogen-bond donors (Lipinski definition) is 0. The summed E-state index contributed by atoms with van der Waals surface area (Å²) in [7, 11) is 0. The normalized spacial score (nSPS) is 12.6. The molecule has 8 rings (SSSR count). The average molecular weight is 448 g/mol. The minimum absolute atomic E-state index is 0.236. The van der Waals surface area contributed by atoms with E-state index in [1.807, 2.05) is 12.1 Å². The van der Waals surface area contributed by atoms with Gasteiger partial charge in [0.25, 0.3) is 11.1 Å². The van der Waals surface area contributed by atoms with Crippen LogP contribution < -0.4 is 11.1 Å². The molecule has 4 aromatic heterocycles. The van der Waals surface area contributed by atoms with Gasteiger partial charge < -0.3 is 0 Å². The number of halogens is 2. The summed E-state index contributed by atoms with van der Waals surface area (Å²) in [6.45, 7) is 0.